The summed E-state index contributed by atoms with van der Waals surface area (Å²) in [4.78, 5) is 23.7. The molecule has 0 fully saturated rings. The summed E-state index contributed by atoms with van der Waals surface area (Å²) in [7, 11) is 1.30. The van der Waals surface area contributed by atoms with Crippen molar-refractivity contribution in [2.24, 2.45) is 5.41 Å². The lowest BCUT2D eigenvalue weighted by Gasteiger charge is -2.18. The van der Waals surface area contributed by atoms with Crippen LogP contribution in [0.1, 0.15) is 38.1 Å². The van der Waals surface area contributed by atoms with E-state index in [9.17, 15) is 9.59 Å². The van der Waals surface area contributed by atoms with Crippen LogP contribution < -0.4 is 10.1 Å². The fourth-order valence-corrected chi connectivity index (χ4v) is 1.48. The highest BCUT2D eigenvalue weighted by Gasteiger charge is 2.22. The van der Waals surface area contributed by atoms with E-state index in [1.165, 1.54) is 7.11 Å². The number of nitrogens with one attached hydrogen (secondary N) is 1. The van der Waals surface area contributed by atoms with E-state index >= 15 is 0 Å². The molecule has 0 aromatic heterocycles. The van der Waals surface area contributed by atoms with Gasteiger partial charge in [-0.25, -0.2) is 4.79 Å². The Morgan fingerprint density at radius 1 is 1.25 bits per heavy atom. The van der Waals surface area contributed by atoms with Gasteiger partial charge >= 0.3 is 5.97 Å². The molecule has 0 bridgehead atoms. The van der Waals surface area contributed by atoms with Crippen molar-refractivity contribution in [2.45, 2.75) is 27.7 Å². The minimum Gasteiger partial charge on any atom is -0.493 e. The number of carbonyl (C=O) groups excluding carboxylic acids is 2. The highest BCUT2D eigenvalue weighted by atomic mass is 16.5. The molecule has 1 rings (SSSR count). The lowest BCUT2D eigenvalue weighted by molar-refractivity contribution is -0.123. The van der Waals surface area contributed by atoms with Gasteiger partial charge in [0, 0.05) is 11.1 Å². The molecule has 0 aliphatic carbocycles. The van der Waals surface area contributed by atoms with Crippen LogP contribution in [0.2, 0.25) is 0 Å². The summed E-state index contributed by atoms with van der Waals surface area (Å²) >= 11 is 0. The zero-order valence-electron chi connectivity index (χ0n) is 12.6. The highest BCUT2D eigenvalue weighted by molar-refractivity contribution is 5.98. The number of esters is 1. The summed E-state index contributed by atoms with van der Waals surface area (Å²) in [6.45, 7) is 7.72. The molecule has 110 valence electrons. The molecule has 1 aromatic rings. The molecule has 1 amide bonds. The minimum absolute atomic E-state index is 0.127. The molecule has 0 spiro atoms. The Morgan fingerprint density at radius 3 is 2.40 bits per heavy atom. The van der Waals surface area contributed by atoms with Crippen molar-refractivity contribution < 1.29 is 19.1 Å². The molecule has 20 heavy (non-hydrogen) atoms. The number of anilines is 1. The molecule has 5 heteroatoms. The van der Waals surface area contributed by atoms with Crippen molar-refractivity contribution in [1.29, 1.82) is 0 Å². The third kappa shape index (κ3) is 3.98. The van der Waals surface area contributed by atoms with Gasteiger partial charge in [0.05, 0.1) is 13.7 Å². The van der Waals surface area contributed by atoms with Crippen LogP contribution in [0.3, 0.4) is 0 Å². The van der Waals surface area contributed by atoms with Gasteiger partial charge in [0.25, 0.3) is 0 Å². The zero-order valence-corrected chi connectivity index (χ0v) is 12.6. The summed E-state index contributed by atoms with van der Waals surface area (Å²) in [5, 5.41) is 2.77. The van der Waals surface area contributed by atoms with Crippen LogP contribution in [-0.4, -0.2) is 25.6 Å². The summed E-state index contributed by atoms with van der Waals surface area (Å²) < 4.78 is 10.1. The molecule has 1 N–H and O–H groups in total. The van der Waals surface area contributed by atoms with E-state index in [0.717, 1.165) is 0 Å². The Hall–Kier alpha value is -2.04. The fourth-order valence-electron chi connectivity index (χ4n) is 1.48. The summed E-state index contributed by atoms with van der Waals surface area (Å²) in [6.07, 6.45) is 0. The third-order valence-electron chi connectivity index (χ3n) is 2.62. The molecule has 0 atom stereocenters. The van der Waals surface area contributed by atoms with Gasteiger partial charge in [-0.1, -0.05) is 20.8 Å². The quantitative estimate of drug-likeness (QED) is 0.861. The standard InChI is InChI=1S/C15H21NO4/c1-6-20-12-8-7-10(9-11(12)13(17)19-5)16-14(18)15(2,3)4/h7-9H,6H2,1-5H3,(H,16,18). The van der Waals surface area contributed by atoms with Crippen LogP contribution in [0, 0.1) is 5.41 Å². The van der Waals surface area contributed by atoms with Gasteiger partial charge < -0.3 is 14.8 Å². The molecule has 0 radical (unpaired) electrons. The first kappa shape index (κ1) is 16.0. The van der Waals surface area contributed by atoms with E-state index in [-0.39, 0.29) is 5.91 Å². The Bertz CT molecular complexity index is 503. The lowest BCUT2D eigenvalue weighted by atomic mass is 9.95. The first-order chi connectivity index (χ1) is 9.29. The topological polar surface area (TPSA) is 64.6 Å². The number of methoxy groups -OCH3 is 1. The maximum absolute atomic E-state index is 11.9. The Balaban J connectivity index is 3.06. The summed E-state index contributed by atoms with van der Waals surface area (Å²) in [6, 6.07) is 4.90. The van der Waals surface area contributed by atoms with E-state index in [4.69, 9.17) is 9.47 Å². The molecular weight excluding hydrogens is 258 g/mol. The molecule has 0 unspecified atom stereocenters. The number of ether oxygens (including phenoxy) is 2. The monoisotopic (exact) mass is 279 g/mol. The average molecular weight is 279 g/mol. The fraction of sp³-hybridized carbons (Fsp3) is 0.467. The lowest BCUT2D eigenvalue weighted by Crippen LogP contribution is -2.27. The van der Waals surface area contributed by atoms with Crippen LogP contribution in [0.25, 0.3) is 0 Å². The van der Waals surface area contributed by atoms with Crippen molar-refractivity contribution in [1.82, 2.24) is 0 Å². The number of amides is 1. The van der Waals surface area contributed by atoms with E-state index in [0.29, 0.717) is 23.6 Å². The van der Waals surface area contributed by atoms with E-state index in [2.05, 4.69) is 5.32 Å². The molecule has 0 heterocycles. The summed E-state index contributed by atoms with van der Waals surface area (Å²) in [5.41, 5.74) is 0.319. The highest BCUT2D eigenvalue weighted by Crippen LogP contribution is 2.25. The molecule has 5 nitrogen and oxygen atoms in total. The van der Waals surface area contributed by atoms with Gasteiger partial charge in [-0.3, -0.25) is 4.79 Å². The second kappa shape index (κ2) is 6.41. The molecule has 0 aliphatic heterocycles. The number of benzene rings is 1. The normalized spacial score (nSPS) is 10.8. The van der Waals surface area contributed by atoms with E-state index in [1.54, 1.807) is 18.2 Å². The van der Waals surface area contributed by atoms with Crippen molar-refractivity contribution in [2.75, 3.05) is 19.0 Å². The smallest absolute Gasteiger partial charge is 0.341 e. The van der Waals surface area contributed by atoms with Gasteiger partial charge in [0.1, 0.15) is 11.3 Å². The molecular formula is C15H21NO4. The molecule has 1 aromatic carbocycles. The SMILES string of the molecule is CCOc1ccc(NC(=O)C(C)(C)C)cc1C(=O)OC. The largest absolute Gasteiger partial charge is 0.493 e. The van der Waals surface area contributed by atoms with Crippen LogP contribution in [0.15, 0.2) is 18.2 Å². The Labute approximate surface area is 119 Å². The number of hydrogen-bond acceptors (Lipinski definition) is 4. The van der Waals surface area contributed by atoms with Crippen LogP contribution in [-0.2, 0) is 9.53 Å². The van der Waals surface area contributed by atoms with Crippen molar-refractivity contribution in [3.05, 3.63) is 23.8 Å². The van der Waals surface area contributed by atoms with Gasteiger partial charge in [-0.15, -0.1) is 0 Å². The van der Waals surface area contributed by atoms with E-state index in [1.807, 2.05) is 27.7 Å². The van der Waals surface area contributed by atoms with Crippen molar-refractivity contribution in [3.8, 4) is 5.75 Å². The van der Waals surface area contributed by atoms with Crippen LogP contribution in [0.4, 0.5) is 5.69 Å². The zero-order chi connectivity index (χ0) is 15.3. The van der Waals surface area contributed by atoms with Gasteiger partial charge in [0.2, 0.25) is 5.91 Å². The van der Waals surface area contributed by atoms with Gasteiger partial charge in [-0.05, 0) is 25.1 Å². The molecule has 0 aliphatic rings. The van der Waals surface area contributed by atoms with Gasteiger partial charge in [-0.2, -0.15) is 0 Å². The van der Waals surface area contributed by atoms with Gasteiger partial charge in [0.15, 0.2) is 0 Å². The second-order valence-corrected chi connectivity index (χ2v) is 5.34. The predicted molar refractivity (Wildman–Crippen MR) is 77.0 cm³/mol. The Kier molecular flexibility index (Phi) is 5.13. The Morgan fingerprint density at radius 2 is 1.90 bits per heavy atom. The minimum atomic E-state index is -0.510. The summed E-state index contributed by atoms with van der Waals surface area (Å²) in [5.74, 6) is -0.189. The first-order valence-electron chi connectivity index (χ1n) is 6.46. The number of carbonyl (C=O) groups is 2. The first-order valence-corrected chi connectivity index (χ1v) is 6.46. The maximum atomic E-state index is 11.9. The van der Waals surface area contributed by atoms with Crippen LogP contribution in [0.5, 0.6) is 5.75 Å². The third-order valence-corrected chi connectivity index (χ3v) is 2.62. The average Bonchev–Trinajstić information content (AvgIpc) is 2.38. The second-order valence-electron chi connectivity index (χ2n) is 5.34. The number of hydrogen-bond donors (Lipinski definition) is 1. The molecule has 0 saturated carbocycles. The molecule has 0 saturated heterocycles. The van der Waals surface area contributed by atoms with Crippen molar-refractivity contribution in [3.63, 3.8) is 0 Å². The number of rotatable bonds is 4. The van der Waals surface area contributed by atoms with Crippen molar-refractivity contribution >= 4 is 17.6 Å². The van der Waals surface area contributed by atoms with Crippen LogP contribution >= 0.6 is 0 Å². The predicted octanol–water partition coefficient (Wildman–Crippen LogP) is 2.86. The maximum Gasteiger partial charge on any atom is 0.341 e. The van der Waals surface area contributed by atoms with E-state index < -0.39 is 11.4 Å².